The van der Waals surface area contributed by atoms with Crippen molar-refractivity contribution in [2.75, 3.05) is 37.3 Å². The Kier molecular flexibility index (Phi) is 8.17. The molecule has 1 aliphatic heterocycles. The van der Waals surface area contributed by atoms with Gasteiger partial charge in [-0.2, -0.15) is 4.31 Å². The van der Waals surface area contributed by atoms with Crippen LogP contribution in [0.3, 0.4) is 0 Å². The first-order valence-electron chi connectivity index (χ1n) is 11.0. The minimum atomic E-state index is -3.52. The van der Waals surface area contributed by atoms with Crippen molar-refractivity contribution in [3.63, 3.8) is 0 Å². The standard InChI is InChI=1S/C23H31N5O4S/c1-17-7-12-21(24-15-17)26-22(29)16-27(3)18(2)23(30)25-19-8-10-20(11-9-19)33(31,32)28-13-5-4-6-14-28/h7-12,15,18H,4-6,13-14,16H2,1-3H3,(H,25,30)(H,24,26,29). The van der Waals surface area contributed by atoms with E-state index < -0.39 is 16.1 Å². The number of carbonyl (C=O) groups is 2. The number of benzene rings is 1. The fourth-order valence-corrected chi connectivity index (χ4v) is 5.02. The van der Waals surface area contributed by atoms with Crippen LogP contribution in [0, 0.1) is 6.92 Å². The first kappa shape index (κ1) is 24.8. The van der Waals surface area contributed by atoms with Crippen molar-refractivity contribution in [2.45, 2.75) is 44.0 Å². The second-order valence-corrected chi connectivity index (χ2v) is 10.3. The fourth-order valence-electron chi connectivity index (χ4n) is 3.50. The highest BCUT2D eigenvalue weighted by Crippen LogP contribution is 2.22. The largest absolute Gasteiger partial charge is 0.325 e. The lowest BCUT2D eigenvalue weighted by Gasteiger charge is -2.26. The van der Waals surface area contributed by atoms with Crippen molar-refractivity contribution in [2.24, 2.45) is 0 Å². The molecule has 10 heteroatoms. The molecule has 0 radical (unpaired) electrons. The van der Waals surface area contributed by atoms with Crippen molar-refractivity contribution in [1.82, 2.24) is 14.2 Å². The van der Waals surface area contributed by atoms with Crippen molar-refractivity contribution in [3.8, 4) is 0 Å². The van der Waals surface area contributed by atoms with Crippen LogP contribution >= 0.6 is 0 Å². The van der Waals surface area contributed by atoms with Crippen molar-refractivity contribution in [1.29, 1.82) is 0 Å². The lowest BCUT2D eigenvalue weighted by Crippen LogP contribution is -2.43. The number of aromatic nitrogens is 1. The number of rotatable bonds is 8. The molecular formula is C23H31N5O4S. The average Bonchev–Trinajstić information content (AvgIpc) is 2.81. The molecule has 2 aromatic rings. The van der Waals surface area contributed by atoms with E-state index in [1.807, 2.05) is 13.0 Å². The van der Waals surface area contributed by atoms with E-state index in [9.17, 15) is 18.0 Å². The zero-order valence-electron chi connectivity index (χ0n) is 19.2. The molecule has 0 saturated carbocycles. The Morgan fingerprint density at radius 3 is 2.33 bits per heavy atom. The Hall–Kier alpha value is -2.82. The number of anilines is 2. The predicted octanol–water partition coefficient (Wildman–Crippen LogP) is 2.46. The molecular weight excluding hydrogens is 442 g/mol. The first-order chi connectivity index (χ1) is 15.7. The lowest BCUT2D eigenvalue weighted by atomic mass is 10.2. The number of carbonyl (C=O) groups excluding carboxylic acids is 2. The summed E-state index contributed by atoms with van der Waals surface area (Å²) in [6.45, 7) is 4.70. The highest BCUT2D eigenvalue weighted by Gasteiger charge is 2.26. The predicted molar refractivity (Wildman–Crippen MR) is 127 cm³/mol. The average molecular weight is 474 g/mol. The van der Waals surface area contributed by atoms with Gasteiger partial charge in [0.25, 0.3) is 0 Å². The van der Waals surface area contributed by atoms with Crippen LogP contribution in [0.4, 0.5) is 11.5 Å². The van der Waals surface area contributed by atoms with Crippen molar-refractivity contribution < 1.29 is 18.0 Å². The van der Waals surface area contributed by atoms with E-state index in [-0.39, 0.29) is 23.3 Å². The second kappa shape index (κ2) is 10.9. The maximum absolute atomic E-state index is 12.8. The number of hydrogen-bond donors (Lipinski definition) is 2. The summed E-state index contributed by atoms with van der Waals surface area (Å²) in [6, 6.07) is 9.17. The lowest BCUT2D eigenvalue weighted by molar-refractivity contribution is -0.122. The van der Waals surface area contributed by atoms with E-state index in [1.54, 1.807) is 43.3 Å². The van der Waals surface area contributed by atoms with Crippen LogP contribution in [0.5, 0.6) is 0 Å². The van der Waals surface area contributed by atoms with E-state index >= 15 is 0 Å². The van der Waals surface area contributed by atoms with Gasteiger partial charge in [-0.25, -0.2) is 13.4 Å². The minimum Gasteiger partial charge on any atom is -0.325 e. The van der Waals surface area contributed by atoms with Gasteiger partial charge in [-0.05, 0) is 69.6 Å². The molecule has 0 spiro atoms. The van der Waals surface area contributed by atoms with Gasteiger partial charge in [-0.1, -0.05) is 12.5 Å². The molecule has 1 aromatic carbocycles. The van der Waals surface area contributed by atoms with Crippen LogP contribution in [0.25, 0.3) is 0 Å². The summed E-state index contributed by atoms with van der Waals surface area (Å²) in [5, 5.41) is 5.48. The van der Waals surface area contributed by atoms with Crippen LogP contribution in [0.1, 0.15) is 31.7 Å². The van der Waals surface area contributed by atoms with Gasteiger partial charge < -0.3 is 10.6 Å². The van der Waals surface area contributed by atoms with Crippen LogP contribution in [0.15, 0.2) is 47.5 Å². The third-order valence-corrected chi connectivity index (χ3v) is 7.60. The Morgan fingerprint density at radius 1 is 1.06 bits per heavy atom. The molecule has 2 amide bonds. The number of aryl methyl sites for hydroxylation is 1. The number of hydrogen-bond acceptors (Lipinski definition) is 6. The van der Waals surface area contributed by atoms with Crippen LogP contribution in [0.2, 0.25) is 0 Å². The summed E-state index contributed by atoms with van der Waals surface area (Å²) in [5.41, 5.74) is 1.48. The van der Waals surface area contributed by atoms with E-state index in [0.29, 0.717) is 24.6 Å². The van der Waals surface area contributed by atoms with Gasteiger partial charge in [-0.3, -0.25) is 14.5 Å². The van der Waals surface area contributed by atoms with Crippen molar-refractivity contribution >= 4 is 33.3 Å². The van der Waals surface area contributed by atoms with E-state index in [4.69, 9.17) is 0 Å². The van der Waals surface area contributed by atoms with E-state index in [0.717, 1.165) is 24.8 Å². The number of piperidine rings is 1. The Morgan fingerprint density at radius 2 is 1.73 bits per heavy atom. The molecule has 2 heterocycles. The first-order valence-corrected chi connectivity index (χ1v) is 12.4. The molecule has 178 valence electrons. The highest BCUT2D eigenvalue weighted by molar-refractivity contribution is 7.89. The topological polar surface area (TPSA) is 112 Å². The third-order valence-electron chi connectivity index (χ3n) is 5.69. The van der Waals surface area contributed by atoms with Gasteiger partial charge in [0.1, 0.15) is 5.82 Å². The summed E-state index contributed by atoms with van der Waals surface area (Å²) < 4.78 is 27.0. The maximum atomic E-state index is 12.8. The highest BCUT2D eigenvalue weighted by atomic mass is 32.2. The molecule has 1 aliphatic rings. The molecule has 1 saturated heterocycles. The number of amides is 2. The maximum Gasteiger partial charge on any atom is 0.243 e. The molecule has 1 unspecified atom stereocenters. The monoisotopic (exact) mass is 473 g/mol. The van der Waals surface area contributed by atoms with Crippen LogP contribution in [-0.2, 0) is 19.6 Å². The zero-order chi connectivity index (χ0) is 24.0. The summed E-state index contributed by atoms with van der Waals surface area (Å²) in [4.78, 5) is 30.9. The van der Waals surface area contributed by atoms with Gasteiger partial charge in [-0.15, -0.1) is 0 Å². The quantitative estimate of drug-likeness (QED) is 0.609. The smallest absolute Gasteiger partial charge is 0.243 e. The number of nitrogens with zero attached hydrogens (tertiary/aromatic N) is 3. The van der Waals surface area contributed by atoms with Crippen molar-refractivity contribution in [3.05, 3.63) is 48.2 Å². The van der Waals surface area contributed by atoms with Crippen LogP contribution < -0.4 is 10.6 Å². The van der Waals surface area contributed by atoms with Gasteiger partial charge in [0.2, 0.25) is 21.8 Å². The number of nitrogens with one attached hydrogen (secondary N) is 2. The summed E-state index contributed by atoms with van der Waals surface area (Å²) in [5.74, 6) is -0.123. The van der Waals surface area contributed by atoms with Gasteiger partial charge in [0.05, 0.1) is 17.5 Å². The fraction of sp³-hybridized carbons (Fsp3) is 0.435. The molecule has 33 heavy (non-hydrogen) atoms. The molecule has 1 fully saturated rings. The Balaban J connectivity index is 1.54. The second-order valence-electron chi connectivity index (χ2n) is 8.34. The van der Waals surface area contributed by atoms with E-state index in [1.165, 1.54) is 16.4 Å². The van der Waals surface area contributed by atoms with E-state index in [2.05, 4.69) is 15.6 Å². The molecule has 2 N–H and O–H groups in total. The third kappa shape index (κ3) is 6.59. The van der Waals surface area contributed by atoms with Gasteiger partial charge in [0.15, 0.2) is 0 Å². The van der Waals surface area contributed by atoms with Gasteiger partial charge >= 0.3 is 0 Å². The molecule has 0 bridgehead atoms. The Bertz CT molecular complexity index is 1070. The number of pyridine rings is 1. The summed E-state index contributed by atoms with van der Waals surface area (Å²) in [6.07, 6.45) is 4.46. The molecule has 3 rings (SSSR count). The summed E-state index contributed by atoms with van der Waals surface area (Å²) in [7, 11) is -1.83. The normalized spacial score (nSPS) is 15.8. The molecule has 1 aromatic heterocycles. The molecule has 0 aliphatic carbocycles. The minimum absolute atomic E-state index is 0.0111. The van der Waals surface area contributed by atoms with Crippen LogP contribution in [-0.4, -0.2) is 67.1 Å². The number of sulfonamides is 1. The van der Waals surface area contributed by atoms with Gasteiger partial charge in [0, 0.05) is 25.0 Å². The molecule has 1 atom stereocenters. The summed E-state index contributed by atoms with van der Waals surface area (Å²) >= 11 is 0. The molecule has 9 nitrogen and oxygen atoms in total. The zero-order valence-corrected chi connectivity index (χ0v) is 20.1. The Labute approximate surface area is 195 Å². The SMILES string of the molecule is Cc1ccc(NC(=O)CN(C)C(C)C(=O)Nc2ccc(S(=O)(=O)N3CCCCC3)cc2)nc1. The number of likely N-dealkylation sites (N-methyl/N-ethyl adjacent to an activating group) is 1.